The molecule has 6 aromatic rings. The lowest BCUT2D eigenvalue weighted by atomic mass is 9.91. The molecule has 1 atom stereocenters. The van der Waals surface area contributed by atoms with Crippen LogP contribution in [0.4, 0.5) is 14.5 Å². The minimum Gasteiger partial charge on any atom is -0.482 e. The van der Waals surface area contributed by atoms with Gasteiger partial charge in [0.1, 0.15) is 23.1 Å². The Labute approximate surface area is 368 Å². The number of ketones is 1. The van der Waals surface area contributed by atoms with Gasteiger partial charge in [-0.2, -0.15) is 0 Å². The monoisotopic (exact) mass is 853 g/mol. The number of anilines is 1. The van der Waals surface area contributed by atoms with Crippen molar-refractivity contribution < 1.29 is 42.1 Å². The summed E-state index contributed by atoms with van der Waals surface area (Å²) in [5, 5.41) is 0. The van der Waals surface area contributed by atoms with E-state index in [2.05, 4.69) is 24.3 Å². The number of rotatable bonds is 12. The van der Waals surface area contributed by atoms with Gasteiger partial charge >= 0.3 is 11.9 Å². The summed E-state index contributed by atoms with van der Waals surface area (Å²) in [6.45, 7) is 7.03. The van der Waals surface area contributed by atoms with E-state index in [1.807, 2.05) is 62.4 Å². The van der Waals surface area contributed by atoms with Crippen LogP contribution in [0.5, 0.6) is 11.5 Å². The quantitative estimate of drug-likeness (QED) is 0.0956. The highest BCUT2D eigenvalue weighted by molar-refractivity contribution is 6.01. The molecular formula is C53H53F2NO7. The Morgan fingerprint density at radius 1 is 0.603 bits per heavy atom. The number of Topliss-reactive ketones (excluding diaryl/α,β-unsaturated/α-hetero) is 1. The summed E-state index contributed by atoms with van der Waals surface area (Å²) in [4.78, 5) is 34.5. The number of carbonyl (C=O) groups excluding carboxylic acids is 3. The van der Waals surface area contributed by atoms with Crippen molar-refractivity contribution >= 4 is 23.4 Å². The first-order valence-electron chi connectivity index (χ1n) is 21.2. The van der Waals surface area contributed by atoms with Crippen LogP contribution in [0.25, 0.3) is 22.3 Å². The molecule has 8 nitrogen and oxygen atoms in total. The van der Waals surface area contributed by atoms with Gasteiger partial charge in [0.2, 0.25) is 0 Å². The van der Waals surface area contributed by atoms with Crippen molar-refractivity contribution in [3.8, 4) is 33.8 Å². The van der Waals surface area contributed by atoms with Crippen LogP contribution in [-0.4, -0.2) is 43.1 Å². The lowest BCUT2D eigenvalue weighted by molar-refractivity contribution is -0.150. The molecule has 10 heteroatoms. The SMILES string of the molecule is CC(C)OC(=O)COc1cccc(CC2CCc3ccc(-c4cccc(F)c4)cc32)c1.CC(C)OC(=O)COc1cccc(N)c1.O=C1CCc2ccc(-c3cccc(F)c3)cc21. The van der Waals surface area contributed by atoms with Crippen LogP contribution in [-0.2, 0) is 38.3 Å². The number of hydrogen-bond acceptors (Lipinski definition) is 8. The number of ether oxygens (including phenoxy) is 4. The summed E-state index contributed by atoms with van der Waals surface area (Å²) in [5.74, 6) is 0.615. The van der Waals surface area contributed by atoms with Gasteiger partial charge < -0.3 is 24.7 Å². The molecule has 2 aliphatic carbocycles. The molecule has 0 heterocycles. The Kier molecular flexibility index (Phi) is 15.8. The van der Waals surface area contributed by atoms with Crippen molar-refractivity contribution in [2.75, 3.05) is 18.9 Å². The maximum absolute atomic E-state index is 13.7. The predicted octanol–water partition coefficient (Wildman–Crippen LogP) is 11.3. The highest BCUT2D eigenvalue weighted by Gasteiger charge is 2.24. The van der Waals surface area contributed by atoms with Gasteiger partial charge in [-0.1, -0.05) is 72.8 Å². The third kappa shape index (κ3) is 13.6. The molecule has 0 aromatic heterocycles. The lowest BCUT2D eigenvalue weighted by Crippen LogP contribution is -2.18. The second-order valence-corrected chi connectivity index (χ2v) is 16.0. The van der Waals surface area contributed by atoms with E-state index in [1.54, 1.807) is 56.3 Å². The van der Waals surface area contributed by atoms with Crippen molar-refractivity contribution in [1.82, 2.24) is 0 Å². The standard InChI is InChI=1S/C27H27FO3.C15H11FO.C11H15NO3/c1-18(2)31-27(29)17-30-25-8-3-5-19(14-25)13-23-12-10-20-9-11-22(16-26(20)23)21-6-4-7-24(28)15-21;16-13-3-1-2-11(8-13)12-5-4-10-6-7-15(17)14(10)9-12;1-8(2)15-11(13)7-14-10-5-3-4-9(12)6-10/h3-9,11,14-16,18,23H,10,12-13,17H2,1-2H3;1-5,8-9H,6-7H2;3-6,8H,7,12H2,1-2H3. The van der Waals surface area contributed by atoms with Crippen molar-refractivity contribution in [3.63, 3.8) is 0 Å². The Morgan fingerprint density at radius 3 is 1.73 bits per heavy atom. The summed E-state index contributed by atoms with van der Waals surface area (Å²) in [6, 6.07) is 40.3. The van der Waals surface area contributed by atoms with E-state index in [9.17, 15) is 23.2 Å². The number of fused-ring (bicyclic) bond motifs is 2. The maximum atomic E-state index is 13.7. The van der Waals surface area contributed by atoms with E-state index in [0.717, 1.165) is 59.1 Å². The first kappa shape index (κ1) is 45.7. The first-order valence-corrected chi connectivity index (χ1v) is 21.2. The Morgan fingerprint density at radius 2 is 1.14 bits per heavy atom. The second kappa shape index (κ2) is 21.8. The maximum Gasteiger partial charge on any atom is 0.344 e. The third-order valence-corrected chi connectivity index (χ3v) is 10.4. The number of benzene rings is 6. The molecule has 0 saturated carbocycles. The Balaban J connectivity index is 0.000000174. The molecule has 6 aromatic carbocycles. The van der Waals surface area contributed by atoms with E-state index in [1.165, 1.54) is 34.9 Å². The lowest BCUT2D eigenvalue weighted by Gasteiger charge is -2.15. The van der Waals surface area contributed by atoms with Crippen molar-refractivity contribution in [3.05, 3.63) is 173 Å². The van der Waals surface area contributed by atoms with Crippen LogP contribution in [0, 0.1) is 11.6 Å². The number of nitrogen functional groups attached to an aromatic ring is 1. The van der Waals surface area contributed by atoms with Gasteiger partial charge in [0.05, 0.1) is 12.2 Å². The number of aryl methyl sites for hydroxylation is 2. The summed E-state index contributed by atoms with van der Waals surface area (Å²) in [6.07, 6.45) is 4.20. The van der Waals surface area contributed by atoms with Crippen LogP contribution in [0.3, 0.4) is 0 Å². The third-order valence-electron chi connectivity index (χ3n) is 10.4. The van der Waals surface area contributed by atoms with Gasteiger partial charge in [0.25, 0.3) is 0 Å². The molecule has 0 spiro atoms. The van der Waals surface area contributed by atoms with Gasteiger partial charge in [0, 0.05) is 23.7 Å². The topological polar surface area (TPSA) is 114 Å². The molecule has 0 radical (unpaired) electrons. The van der Waals surface area contributed by atoms with E-state index in [4.69, 9.17) is 24.7 Å². The normalized spacial score (nSPS) is 13.5. The molecule has 8 rings (SSSR count). The van der Waals surface area contributed by atoms with Crippen LogP contribution in [0.1, 0.15) is 79.1 Å². The van der Waals surface area contributed by atoms with Gasteiger partial charge in [-0.25, -0.2) is 18.4 Å². The zero-order valence-electron chi connectivity index (χ0n) is 36.1. The van der Waals surface area contributed by atoms with Gasteiger partial charge in [0.15, 0.2) is 19.0 Å². The molecule has 63 heavy (non-hydrogen) atoms. The Hall–Kier alpha value is -6.81. The summed E-state index contributed by atoms with van der Waals surface area (Å²) in [5.41, 5.74) is 15.6. The number of nitrogens with two attached hydrogens (primary N) is 1. The average Bonchev–Trinajstić information content (AvgIpc) is 3.84. The molecule has 0 fully saturated rings. The van der Waals surface area contributed by atoms with Crippen LogP contribution in [0.15, 0.2) is 133 Å². The highest BCUT2D eigenvalue weighted by Crippen LogP contribution is 2.38. The average molecular weight is 854 g/mol. The van der Waals surface area contributed by atoms with Crippen molar-refractivity contribution in [1.29, 1.82) is 0 Å². The van der Waals surface area contributed by atoms with Crippen molar-refractivity contribution in [2.24, 2.45) is 0 Å². The number of halogens is 2. The zero-order chi connectivity index (χ0) is 44.9. The smallest absolute Gasteiger partial charge is 0.344 e. The number of hydrogen-bond donors (Lipinski definition) is 1. The van der Waals surface area contributed by atoms with Crippen LogP contribution < -0.4 is 15.2 Å². The minimum atomic E-state index is -0.382. The summed E-state index contributed by atoms with van der Waals surface area (Å²) in [7, 11) is 0. The molecule has 2 aliphatic rings. The van der Waals surface area contributed by atoms with Gasteiger partial charge in [-0.3, -0.25) is 4.79 Å². The fraction of sp³-hybridized carbons (Fsp3) is 0.264. The van der Waals surface area contributed by atoms with Crippen LogP contribution in [0.2, 0.25) is 0 Å². The highest BCUT2D eigenvalue weighted by atomic mass is 19.1. The Bertz CT molecular complexity index is 2530. The fourth-order valence-electron chi connectivity index (χ4n) is 7.56. The largest absolute Gasteiger partial charge is 0.482 e. The van der Waals surface area contributed by atoms with Gasteiger partial charge in [-0.05, 0) is 158 Å². The first-order chi connectivity index (χ1) is 30.3. The van der Waals surface area contributed by atoms with Gasteiger partial charge in [-0.15, -0.1) is 0 Å². The molecule has 2 N–H and O–H groups in total. The number of carbonyl (C=O) groups is 3. The zero-order valence-corrected chi connectivity index (χ0v) is 36.1. The fourth-order valence-corrected chi connectivity index (χ4v) is 7.56. The molecule has 326 valence electrons. The summed E-state index contributed by atoms with van der Waals surface area (Å²) < 4.78 is 47.6. The van der Waals surface area contributed by atoms with Crippen LogP contribution >= 0.6 is 0 Å². The van der Waals surface area contributed by atoms with E-state index < -0.39 is 0 Å². The minimum absolute atomic E-state index is 0.0924. The molecule has 0 aliphatic heterocycles. The van der Waals surface area contributed by atoms with E-state index in [-0.39, 0.29) is 54.8 Å². The molecular weight excluding hydrogens is 801 g/mol. The van der Waals surface area contributed by atoms with E-state index >= 15 is 0 Å². The molecule has 0 bridgehead atoms. The number of esters is 2. The molecule has 0 amide bonds. The summed E-state index contributed by atoms with van der Waals surface area (Å²) >= 11 is 0. The predicted molar refractivity (Wildman–Crippen MR) is 242 cm³/mol. The van der Waals surface area contributed by atoms with Crippen molar-refractivity contribution in [2.45, 2.75) is 77.9 Å². The molecule has 0 saturated heterocycles. The van der Waals surface area contributed by atoms with E-state index in [0.29, 0.717) is 29.5 Å². The molecule has 1 unspecified atom stereocenters. The second-order valence-electron chi connectivity index (χ2n) is 16.0.